The monoisotopic (exact) mass is 596 g/mol. The fourth-order valence-electron chi connectivity index (χ4n) is 6.21. The molecule has 5 nitrogen and oxygen atoms in total. The molecular weight excluding hydrogens is 559 g/mol. The van der Waals surface area contributed by atoms with Crippen molar-refractivity contribution < 1.29 is 9.18 Å². The minimum Gasteiger partial charge on any atom is -0.335 e. The van der Waals surface area contributed by atoms with Crippen LogP contribution in [0.1, 0.15) is 59.2 Å². The third-order valence-corrected chi connectivity index (χ3v) is 8.38. The van der Waals surface area contributed by atoms with Crippen LogP contribution in [0.3, 0.4) is 0 Å². The van der Waals surface area contributed by atoms with E-state index >= 15 is 4.39 Å². The van der Waals surface area contributed by atoms with Gasteiger partial charge in [-0.2, -0.15) is 0 Å². The van der Waals surface area contributed by atoms with Gasteiger partial charge in [-0.1, -0.05) is 110 Å². The fourth-order valence-corrected chi connectivity index (χ4v) is 6.21. The van der Waals surface area contributed by atoms with Crippen molar-refractivity contribution in [3.63, 3.8) is 0 Å². The van der Waals surface area contributed by atoms with Crippen LogP contribution in [0.25, 0.3) is 0 Å². The first kappa shape index (κ1) is 29.9. The average Bonchev–Trinajstić information content (AvgIpc) is 3.57. The van der Waals surface area contributed by atoms with E-state index in [1.54, 1.807) is 6.20 Å². The summed E-state index contributed by atoms with van der Waals surface area (Å²) in [6.07, 6.45) is 6.21. The number of urea groups is 1. The van der Waals surface area contributed by atoms with Gasteiger partial charge in [0.25, 0.3) is 0 Å². The zero-order valence-corrected chi connectivity index (χ0v) is 25.4. The number of nitrogens with zero attached hydrogens (tertiary/aromatic N) is 2. The molecule has 1 aliphatic rings. The summed E-state index contributed by atoms with van der Waals surface area (Å²) in [4.78, 5) is 23.6. The molecule has 6 rings (SSSR count). The van der Waals surface area contributed by atoms with E-state index in [1.807, 2.05) is 116 Å². The van der Waals surface area contributed by atoms with Crippen LogP contribution in [0.4, 0.5) is 14.9 Å². The number of hydrogen-bond donors (Lipinski definition) is 2. The predicted octanol–water partition coefficient (Wildman–Crippen LogP) is 8.43. The number of amides is 2. The summed E-state index contributed by atoms with van der Waals surface area (Å²) < 4.78 is 15.0. The van der Waals surface area contributed by atoms with Crippen LogP contribution in [0.15, 0.2) is 133 Å². The van der Waals surface area contributed by atoms with E-state index < -0.39 is 5.54 Å². The van der Waals surface area contributed by atoms with Crippen molar-refractivity contribution in [3.05, 3.63) is 167 Å². The first-order valence-corrected chi connectivity index (χ1v) is 15.5. The maximum atomic E-state index is 15.0. The lowest BCUT2D eigenvalue weighted by Gasteiger charge is -2.36. The van der Waals surface area contributed by atoms with Crippen LogP contribution >= 0.6 is 0 Å². The van der Waals surface area contributed by atoms with Crippen molar-refractivity contribution in [1.29, 1.82) is 0 Å². The molecule has 0 radical (unpaired) electrons. The Labute approximate surface area is 264 Å². The normalized spacial score (nSPS) is 14.4. The highest BCUT2D eigenvalue weighted by Gasteiger charge is 2.39. The maximum absolute atomic E-state index is 15.0. The van der Waals surface area contributed by atoms with Gasteiger partial charge in [0.05, 0.1) is 23.3 Å². The van der Waals surface area contributed by atoms with Gasteiger partial charge in [0.15, 0.2) is 0 Å². The molecule has 0 bridgehead atoms. The lowest BCUT2D eigenvalue weighted by molar-refractivity contribution is 0.225. The molecule has 5 aromatic rings. The second-order valence-corrected chi connectivity index (χ2v) is 11.8. The van der Waals surface area contributed by atoms with Gasteiger partial charge in [-0.05, 0) is 60.7 Å². The Balaban J connectivity index is 1.46. The Morgan fingerprint density at radius 1 is 0.844 bits per heavy atom. The smallest absolute Gasteiger partial charge is 0.316 e. The Bertz CT molecular complexity index is 1690. The second kappa shape index (κ2) is 13.7. The van der Waals surface area contributed by atoms with E-state index in [4.69, 9.17) is 9.98 Å². The van der Waals surface area contributed by atoms with Crippen molar-refractivity contribution in [3.8, 4) is 0 Å². The second-order valence-electron chi connectivity index (χ2n) is 11.8. The van der Waals surface area contributed by atoms with Crippen molar-refractivity contribution >= 4 is 17.4 Å². The van der Waals surface area contributed by atoms with Gasteiger partial charge in [0.1, 0.15) is 11.4 Å². The van der Waals surface area contributed by atoms with E-state index in [0.717, 1.165) is 53.6 Å². The number of aryl methyl sites for hydroxylation is 1. The van der Waals surface area contributed by atoms with Gasteiger partial charge in [-0.25, -0.2) is 14.2 Å². The summed E-state index contributed by atoms with van der Waals surface area (Å²) in [6.45, 7) is 1.86. The Kier molecular flexibility index (Phi) is 9.11. The fraction of sp³-hybridized carbons (Fsp3) is 0.205. The molecule has 1 heterocycles. The molecule has 1 aromatic heterocycles. The van der Waals surface area contributed by atoms with Gasteiger partial charge in [0.2, 0.25) is 0 Å². The van der Waals surface area contributed by atoms with Crippen molar-refractivity contribution in [2.45, 2.75) is 50.6 Å². The first-order chi connectivity index (χ1) is 22.0. The van der Waals surface area contributed by atoms with E-state index in [-0.39, 0.29) is 17.9 Å². The summed E-state index contributed by atoms with van der Waals surface area (Å²) in [5.41, 5.74) is 5.30. The highest BCUT2D eigenvalue weighted by Crippen LogP contribution is 2.35. The third-order valence-electron chi connectivity index (χ3n) is 8.38. The Morgan fingerprint density at radius 2 is 1.47 bits per heavy atom. The molecular formula is C39H37FN4O. The highest BCUT2D eigenvalue weighted by atomic mass is 19.1. The lowest BCUT2D eigenvalue weighted by atomic mass is 9.80. The van der Waals surface area contributed by atoms with Gasteiger partial charge in [-0.15, -0.1) is 0 Å². The number of rotatable bonds is 9. The summed E-state index contributed by atoms with van der Waals surface area (Å²) in [6, 6.07) is 38.6. The van der Waals surface area contributed by atoms with Gasteiger partial charge in [-0.3, -0.25) is 4.98 Å². The number of hydrogen-bond acceptors (Lipinski definition) is 3. The molecule has 1 unspecified atom stereocenters. The van der Waals surface area contributed by atoms with Crippen LogP contribution in [0, 0.1) is 12.7 Å². The van der Waals surface area contributed by atoms with E-state index in [1.165, 1.54) is 12.1 Å². The number of benzene rings is 4. The highest BCUT2D eigenvalue weighted by molar-refractivity contribution is 6.13. The zero-order valence-electron chi connectivity index (χ0n) is 25.4. The van der Waals surface area contributed by atoms with Crippen LogP contribution in [0.2, 0.25) is 0 Å². The van der Waals surface area contributed by atoms with E-state index in [0.29, 0.717) is 23.4 Å². The maximum Gasteiger partial charge on any atom is 0.316 e. The molecule has 1 atom stereocenters. The molecule has 0 aliphatic heterocycles. The first-order valence-electron chi connectivity index (χ1n) is 15.5. The number of carbonyl (C=O) groups excluding carboxylic acids is 1. The molecule has 0 spiro atoms. The number of nitrogens with one attached hydrogen (secondary N) is 2. The number of aliphatic imine (C=N–C) groups is 1. The molecule has 1 saturated carbocycles. The van der Waals surface area contributed by atoms with Crippen molar-refractivity contribution in [1.82, 2.24) is 15.6 Å². The summed E-state index contributed by atoms with van der Waals surface area (Å²) >= 11 is 0. The van der Waals surface area contributed by atoms with Crippen molar-refractivity contribution in [2.75, 3.05) is 0 Å². The summed E-state index contributed by atoms with van der Waals surface area (Å²) in [7, 11) is 0. The number of pyridine rings is 1. The van der Waals surface area contributed by atoms with Crippen LogP contribution < -0.4 is 10.6 Å². The van der Waals surface area contributed by atoms with Crippen LogP contribution in [-0.2, 0) is 12.0 Å². The SMILES string of the molecule is Cc1cc(F)cc(C(Cc2ccccc2)(NC(=O)NC2CCCC2)c2ccc(N=C(c3ccccc3)c3ccccc3)cn2)c1. The third kappa shape index (κ3) is 7.18. The molecule has 4 aromatic carbocycles. The molecule has 226 valence electrons. The molecule has 2 N–H and O–H groups in total. The number of halogens is 1. The van der Waals surface area contributed by atoms with Gasteiger partial charge in [0, 0.05) is 23.6 Å². The zero-order chi connectivity index (χ0) is 31.1. The average molecular weight is 597 g/mol. The Hall–Kier alpha value is -5.10. The topological polar surface area (TPSA) is 66.4 Å². The molecule has 45 heavy (non-hydrogen) atoms. The molecule has 1 aliphatic carbocycles. The number of aromatic nitrogens is 1. The van der Waals surface area contributed by atoms with Gasteiger partial charge < -0.3 is 10.6 Å². The minimum absolute atomic E-state index is 0.118. The molecule has 0 saturated heterocycles. The van der Waals surface area contributed by atoms with Gasteiger partial charge >= 0.3 is 6.03 Å². The predicted molar refractivity (Wildman–Crippen MR) is 178 cm³/mol. The quantitative estimate of drug-likeness (QED) is 0.168. The van der Waals surface area contributed by atoms with E-state index in [9.17, 15) is 4.79 Å². The molecule has 2 amide bonds. The summed E-state index contributed by atoms with van der Waals surface area (Å²) in [5.74, 6) is -0.364. The van der Waals surface area contributed by atoms with E-state index in [2.05, 4.69) is 10.6 Å². The molecule has 1 fully saturated rings. The summed E-state index contributed by atoms with van der Waals surface area (Å²) in [5, 5.41) is 6.46. The molecule has 6 heteroatoms. The van der Waals surface area contributed by atoms with Crippen LogP contribution in [-0.4, -0.2) is 22.8 Å². The standard InChI is InChI=1S/C39H37FN4O/c1-28-23-32(25-33(40)24-28)39(26-29-13-5-2-6-14-29,44-38(45)43-34-19-11-12-20-34)36-22-21-35(27-41-36)42-37(30-15-7-3-8-16-30)31-17-9-4-10-18-31/h2-10,13-18,21-25,27,34H,11-12,19-20,26H2,1H3,(H2,43,44,45). The van der Waals surface area contributed by atoms with Crippen LogP contribution in [0.5, 0.6) is 0 Å². The number of carbonyl (C=O) groups is 1. The van der Waals surface area contributed by atoms with Crippen molar-refractivity contribution in [2.24, 2.45) is 4.99 Å². The Morgan fingerprint density at radius 3 is 2.04 bits per heavy atom. The minimum atomic E-state index is -1.15. The lowest BCUT2D eigenvalue weighted by Crippen LogP contribution is -2.54. The largest absolute Gasteiger partial charge is 0.335 e.